The summed E-state index contributed by atoms with van der Waals surface area (Å²) >= 11 is 0. The fourth-order valence-electron chi connectivity index (χ4n) is 3.03. The summed E-state index contributed by atoms with van der Waals surface area (Å²) in [5, 5.41) is 2.96. The van der Waals surface area contributed by atoms with Crippen LogP contribution in [0.15, 0.2) is 73.1 Å². The molecule has 4 nitrogen and oxygen atoms in total. The molecule has 0 radical (unpaired) electrons. The number of halogens is 1. The second-order valence-electron chi connectivity index (χ2n) is 6.74. The molecule has 1 aromatic heterocycles. The third-order valence-corrected chi connectivity index (χ3v) is 4.54. The lowest BCUT2D eigenvalue weighted by Crippen LogP contribution is -2.26. The van der Waals surface area contributed by atoms with Crippen molar-refractivity contribution in [1.82, 2.24) is 9.88 Å². The van der Waals surface area contributed by atoms with E-state index in [4.69, 9.17) is 0 Å². The van der Waals surface area contributed by atoms with Gasteiger partial charge >= 0.3 is 0 Å². The Kier molecular flexibility index (Phi) is 5.91. The molecule has 0 aliphatic rings. The number of aromatic nitrogens is 1. The summed E-state index contributed by atoms with van der Waals surface area (Å²) in [6.45, 7) is 0.466. The van der Waals surface area contributed by atoms with Gasteiger partial charge in [0.05, 0.1) is 12.5 Å². The molecule has 3 aromatic rings. The van der Waals surface area contributed by atoms with Gasteiger partial charge in [-0.25, -0.2) is 4.39 Å². The fraction of sp³-hybridized carbons (Fsp3) is 0.227. The summed E-state index contributed by atoms with van der Waals surface area (Å²) in [4.78, 5) is 14.6. The molecule has 1 N–H and O–H groups in total. The summed E-state index contributed by atoms with van der Waals surface area (Å²) in [6, 6.07) is 18.0. The molecule has 0 saturated heterocycles. The van der Waals surface area contributed by atoms with Crippen molar-refractivity contribution in [2.24, 2.45) is 0 Å². The van der Waals surface area contributed by atoms with E-state index in [2.05, 4.69) is 5.32 Å². The summed E-state index contributed by atoms with van der Waals surface area (Å²) in [7, 11) is 3.98. The van der Waals surface area contributed by atoms with E-state index < -0.39 is 0 Å². The fourth-order valence-corrected chi connectivity index (χ4v) is 3.03. The SMILES string of the molecule is CN(C)c1ccc(CNC(=O)C[C@H](c2cccc(F)c2)n2cccc2)cc1. The molecule has 1 amide bonds. The van der Waals surface area contributed by atoms with Crippen molar-refractivity contribution in [3.8, 4) is 0 Å². The van der Waals surface area contributed by atoms with Crippen LogP contribution in [0.25, 0.3) is 0 Å². The average Bonchev–Trinajstić information content (AvgIpc) is 3.19. The van der Waals surface area contributed by atoms with Gasteiger partial charge < -0.3 is 14.8 Å². The maximum absolute atomic E-state index is 13.7. The van der Waals surface area contributed by atoms with E-state index in [0.29, 0.717) is 6.54 Å². The van der Waals surface area contributed by atoms with E-state index in [9.17, 15) is 9.18 Å². The van der Waals surface area contributed by atoms with E-state index >= 15 is 0 Å². The molecule has 1 atom stereocenters. The van der Waals surface area contributed by atoms with Crippen LogP contribution < -0.4 is 10.2 Å². The van der Waals surface area contributed by atoms with Gasteiger partial charge in [0.2, 0.25) is 5.91 Å². The lowest BCUT2D eigenvalue weighted by Gasteiger charge is -2.19. The van der Waals surface area contributed by atoms with Gasteiger partial charge in [0.15, 0.2) is 0 Å². The van der Waals surface area contributed by atoms with E-state index in [-0.39, 0.29) is 24.2 Å². The minimum atomic E-state index is -0.300. The number of carbonyl (C=O) groups excluding carboxylic acids is 1. The summed E-state index contributed by atoms with van der Waals surface area (Å²) in [6.07, 6.45) is 4.03. The standard InChI is InChI=1S/C22H24FN3O/c1-25(2)20-10-8-17(9-11-20)16-24-22(27)15-21(26-12-3-4-13-26)18-6-5-7-19(23)14-18/h3-14,21H,15-16H2,1-2H3,(H,24,27)/t21-/m1/s1. The molecular weight excluding hydrogens is 341 g/mol. The molecule has 27 heavy (non-hydrogen) atoms. The molecule has 0 aliphatic carbocycles. The highest BCUT2D eigenvalue weighted by Gasteiger charge is 2.17. The van der Waals surface area contributed by atoms with Gasteiger partial charge in [0.25, 0.3) is 0 Å². The Hall–Kier alpha value is -3.08. The van der Waals surface area contributed by atoms with E-state index in [0.717, 1.165) is 16.8 Å². The minimum absolute atomic E-state index is 0.0744. The van der Waals surface area contributed by atoms with E-state index in [1.807, 2.05) is 78.4 Å². The quantitative estimate of drug-likeness (QED) is 0.687. The predicted octanol–water partition coefficient (Wildman–Crippen LogP) is 3.99. The van der Waals surface area contributed by atoms with Crippen molar-refractivity contribution in [1.29, 1.82) is 0 Å². The highest BCUT2D eigenvalue weighted by atomic mass is 19.1. The van der Waals surface area contributed by atoms with Gasteiger partial charge in [-0.05, 0) is 47.5 Å². The summed E-state index contributed by atoms with van der Waals surface area (Å²) in [5.74, 6) is -0.374. The van der Waals surface area contributed by atoms with Gasteiger partial charge in [-0.15, -0.1) is 0 Å². The molecule has 0 spiro atoms. The van der Waals surface area contributed by atoms with Crippen molar-refractivity contribution >= 4 is 11.6 Å². The van der Waals surface area contributed by atoms with Crippen LogP contribution in [0.2, 0.25) is 0 Å². The molecule has 2 aromatic carbocycles. The maximum atomic E-state index is 13.7. The average molecular weight is 365 g/mol. The Morgan fingerprint density at radius 2 is 1.78 bits per heavy atom. The third-order valence-electron chi connectivity index (χ3n) is 4.54. The van der Waals surface area contributed by atoms with Crippen LogP contribution in [0.3, 0.4) is 0 Å². The topological polar surface area (TPSA) is 37.3 Å². The monoisotopic (exact) mass is 365 g/mol. The Bertz CT molecular complexity index is 873. The molecular formula is C22H24FN3O. The number of anilines is 1. The van der Waals surface area contributed by atoms with Crippen molar-refractivity contribution in [2.45, 2.75) is 19.0 Å². The smallest absolute Gasteiger partial charge is 0.222 e. The van der Waals surface area contributed by atoms with Crippen molar-refractivity contribution in [2.75, 3.05) is 19.0 Å². The number of rotatable bonds is 7. The Morgan fingerprint density at radius 1 is 1.07 bits per heavy atom. The van der Waals surface area contributed by atoms with Gasteiger partial charge in [-0.1, -0.05) is 24.3 Å². The second-order valence-corrected chi connectivity index (χ2v) is 6.74. The maximum Gasteiger partial charge on any atom is 0.222 e. The Balaban J connectivity index is 1.66. The summed E-state index contributed by atoms with van der Waals surface area (Å²) < 4.78 is 15.6. The Labute approximate surface area is 159 Å². The van der Waals surface area contributed by atoms with E-state index in [1.54, 1.807) is 6.07 Å². The first-order valence-electron chi connectivity index (χ1n) is 8.94. The van der Waals surface area contributed by atoms with Crippen LogP contribution in [0, 0.1) is 5.82 Å². The minimum Gasteiger partial charge on any atom is -0.378 e. The molecule has 5 heteroatoms. The van der Waals surface area contributed by atoms with Gasteiger partial charge in [0.1, 0.15) is 5.82 Å². The molecule has 1 heterocycles. The Morgan fingerprint density at radius 3 is 2.41 bits per heavy atom. The molecule has 0 bridgehead atoms. The molecule has 3 rings (SSSR count). The van der Waals surface area contributed by atoms with E-state index in [1.165, 1.54) is 12.1 Å². The van der Waals surface area contributed by atoms with Crippen LogP contribution in [0.5, 0.6) is 0 Å². The zero-order valence-electron chi connectivity index (χ0n) is 15.6. The number of nitrogens with one attached hydrogen (secondary N) is 1. The van der Waals surface area contributed by atoms with Crippen LogP contribution in [0.1, 0.15) is 23.6 Å². The molecule has 0 aliphatic heterocycles. The van der Waals surface area contributed by atoms with Crippen LogP contribution in [-0.2, 0) is 11.3 Å². The van der Waals surface area contributed by atoms with Crippen molar-refractivity contribution in [3.05, 3.63) is 90.0 Å². The highest BCUT2D eigenvalue weighted by molar-refractivity contribution is 5.76. The lowest BCUT2D eigenvalue weighted by molar-refractivity contribution is -0.121. The third kappa shape index (κ3) is 4.97. The predicted molar refractivity (Wildman–Crippen MR) is 106 cm³/mol. The van der Waals surface area contributed by atoms with Gasteiger partial charge in [-0.2, -0.15) is 0 Å². The number of hydrogen-bond acceptors (Lipinski definition) is 2. The first-order valence-corrected chi connectivity index (χ1v) is 8.94. The number of benzene rings is 2. The van der Waals surface area contributed by atoms with Crippen LogP contribution >= 0.6 is 0 Å². The number of nitrogens with zero attached hydrogens (tertiary/aromatic N) is 2. The molecule has 0 fully saturated rings. The largest absolute Gasteiger partial charge is 0.378 e. The van der Waals surface area contributed by atoms with Gasteiger partial charge in [-0.3, -0.25) is 4.79 Å². The summed E-state index contributed by atoms with van der Waals surface area (Å²) in [5.41, 5.74) is 2.93. The number of hydrogen-bond donors (Lipinski definition) is 1. The van der Waals surface area contributed by atoms with Crippen molar-refractivity contribution in [3.63, 3.8) is 0 Å². The molecule has 140 valence electrons. The van der Waals surface area contributed by atoms with Crippen LogP contribution in [-0.4, -0.2) is 24.6 Å². The zero-order valence-corrected chi connectivity index (χ0v) is 15.6. The normalized spacial score (nSPS) is 11.8. The first-order chi connectivity index (χ1) is 13.0. The highest BCUT2D eigenvalue weighted by Crippen LogP contribution is 2.23. The van der Waals surface area contributed by atoms with Gasteiger partial charge in [0, 0.05) is 38.7 Å². The lowest BCUT2D eigenvalue weighted by atomic mass is 10.0. The number of carbonyl (C=O) groups is 1. The zero-order chi connectivity index (χ0) is 19.2. The van der Waals surface area contributed by atoms with Crippen molar-refractivity contribution < 1.29 is 9.18 Å². The van der Waals surface area contributed by atoms with Crippen LogP contribution in [0.4, 0.5) is 10.1 Å². The number of amides is 1. The first kappa shape index (κ1) is 18.7. The second kappa shape index (κ2) is 8.54. The molecule has 0 unspecified atom stereocenters. The molecule has 0 saturated carbocycles.